The zero-order valence-electron chi connectivity index (χ0n) is 11.8. The van der Waals surface area contributed by atoms with Gasteiger partial charge in [0.15, 0.2) is 0 Å². The van der Waals surface area contributed by atoms with Crippen LogP contribution in [0.5, 0.6) is 0 Å². The summed E-state index contributed by atoms with van der Waals surface area (Å²) >= 11 is 0. The van der Waals surface area contributed by atoms with Crippen LogP contribution < -0.4 is 5.32 Å². The summed E-state index contributed by atoms with van der Waals surface area (Å²) in [6, 6.07) is -0.675. The van der Waals surface area contributed by atoms with Gasteiger partial charge in [0, 0.05) is 19.1 Å². The van der Waals surface area contributed by atoms with Gasteiger partial charge >= 0.3 is 12.0 Å². The van der Waals surface area contributed by atoms with Crippen LogP contribution in [0.25, 0.3) is 0 Å². The summed E-state index contributed by atoms with van der Waals surface area (Å²) in [7, 11) is 0. The van der Waals surface area contributed by atoms with E-state index in [1.54, 1.807) is 6.08 Å². The molecule has 0 aromatic rings. The predicted molar refractivity (Wildman–Crippen MR) is 75.4 cm³/mol. The maximum absolute atomic E-state index is 12.1. The minimum Gasteiger partial charge on any atom is -0.481 e. The molecule has 2 unspecified atom stereocenters. The first kappa shape index (κ1) is 16.5. The molecule has 0 heterocycles. The average molecular weight is 284 g/mol. The SMILES string of the molecule is C=CCN(CCO)C(=O)NC1CCCCCC1C(=O)O. The Morgan fingerprint density at radius 3 is 2.60 bits per heavy atom. The third-order valence-corrected chi connectivity index (χ3v) is 3.65. The highest BCUT2D eigenvalue weighted by Gasteiger charge is 2.31. The molecule has 1 aliphatic rings. The Hall–Kier alpha value is -1.56. The van der Waals surface area contributed by atoms with Gasteiger partial charge in [-0.1, -0.05) is 25.3 Å². The lowest BCUT2D eigenvalue weighted by atomic mass is 9.95. The molecule has 6 nitrogen and oxygen atoms in total. The number of rotatable bonds is 6. The van der Waals surface area contributed by atoms with Crippen molar-refractivity contribution in [2.75, 3.05) is 19.7 Å². The minimum atomic E-state index is -0.852. The highest BCUT2D eigenvalue weighted by Crippen LogP contribution is 2.24. The van der Waals surface area contributed by atoms with Crippen LogP contribution in [0.4, 0.5) is 4.79 Å². The van der Waals surface area contributed by atoms with Crippen LogP contribution in [-0.2, 0) is 4.79 Å². The fourth-order valence-electron chi connectivity index (χ4n) is 2.58. The molecule has 1 fully saturated rings. The fourth-order valence-corrected chi connectivity index (χ4v) is 2.58. The van der Waals surface area contributed by atoms with Crippen molar-refractivity contribution in [3.63, 3.8) is 0 Å². The van der Waals surface area contributed by atoms with Crippen LogP contribution in [0, 0.1) is 5.92 Å². The number of hydrogen-bond donors (Lipinski definition) is 3. The number of nitrogens with one attached hydrogen (secondary N) is 1. The average Bonchev–Trinajstić information content (AvgIpc) is 2.64. The predicted octanol–water partition coefficient (Wildman–Crippen LogP) is 1.21. The van der Waals surface area contributed by atoms with Gasteiger partial charge in [0.1, 0.15) is 0 Å². The number of aliphatic hydroxyl groups excluding tert-OH is 1. The van der Waals surface area contributed by atoms with E-state index >= 15 is 0 Å². The molecule has 0 radical (unpaired) electrons. The number of carbonyl (C=O) groups excluding carboxylic acids is 1. The van der Waals surface area contributed by atoms with E-state index < -0.39 is 11.9 Å². The normalized spacial score (nSPS) is 22.6. The first-order valence-corrected chi connectivity index (χ1v) is 7.10. The number of carbonyl (C=O) groups is 2. The van der Waals surface area contributed by atoms with E-state index in [9.17, 15) is 14.7 Å². The maximum atomic E-state index is 12.1. The van der Waals surface area contributed by atoms with Crippen molar-refractivity contribution in [1.82, 2.24) is 10.2 Å². The Bertz CT molecular complexity index is 346. The second kappa shape index (κ2) is 8.58. The Labute approximate surface area is 119 Å². The smallest absolute Gasteiger partial charge is 0.317 e. The zero-order valence-corrected chi connectivity index (χ0v) is 11.8. The summed E-state index contributed by atoms with van der Waals surface area (Å²) in [5, 5.41) is 21.0. The molecular weight excluding hydrogens is 260 g/mol. The standard InChI is InChI=1S/C14H24N2O4/c1-2-8-16(9-10-17)14(20)15-12-7-5-3-4-6-11(12)13(18)19/h2,11-12,17H,1,3-10H2,(H,15,20)(H,18,19). The number of aliphatic hydroxyl groups is 1. The van der Waals surface area contributed by atoms with E-state index in [2.05, 4.69) is 11.9 Å². The number of amides is 2. The lowest BCUT2D eigenvalue weighted by Gasteiger charge is -2.27. The quantitative estimate of drug-likeness (QED) is 0.505. The maximum Gasteiger partial charge on any atom is 0.317 e. The van der Waals surface area contributed by atoms with Gasteiger partial charge in [0.05, 0.1) is 12.5 Å². The van der Waals surface area contributed by atoms with Gasteiger partial charge in [-0.3, -0.25) is 4.79 Å². The second-order valence-electron chi connectivity index (χ2n) is 5.10. The molecule has 1 rings (SSSR count). The largest absolute Gasteiger partial charge is 0.481 e. The van der Waals surface area contributed by atoms with Crippen LogP contribution in [0.15, 0.2) is 12.7 Å². The topological polar surface area (TPSA) is 89.9 Å². The summed E-state index contributed by atoms with van der Waals surface area (Å²) < 4.78 is 0. The third-order valence-electron chi connectivity index (χ3n) is 3.65. The van der Waals surface area contributed by atoms with E-state index in [0.29, 0.717) is 19.4 Å². The highest BCUT2D eigenvalue weighted by atomic mass is 16.4. The zero-order chi connectivity index (χ0) is 15.0. The van der Waals surface area contributed by atoms with Crippen LogP contribution in [-0.4, -0.2) is 52.9 Å². The molecule has 0 aromatic heterocycles. The number of carboxylic acids is 1. The Morgan fingerprint density at radius 1 is 1.30 bits per heavy atom. The van der Waals surface area contributed by atoms with Crippen LogP contribution >= 0.6 is 0 Å². The first-order chi connectivity index (χ1) is 9.60. The van der Waals surface area contributed by atoms with Crippen molar-refractivity contribution in [2.45, 2.75) is 38.1 Å². The molecule has 0 bridgehead atoms. The van der Waals surface area contributed by atoms with Crippen LogP contribution in [0.2, 0.25) is 0 Å². The Balaban J connectivity index is 2.67. The number of nitrogens with zero attached hydrogens (tertiary/aromatic N) is 1. The second-order valence-corrected chi connectivity index (χ2v) is 5.10. The summed E-state index contributed by atoms with van der Waals surface area (Å²) in [4.78, 5) is 24.9. The minimum absolute atomic E-state index is 0.131. The van der Waals surface area contributed by atoms with Crippen molar-refractivity contribution < 1.29 is 19.8 Å². The third kappa shape index (κ3) is 4.85. The Kier molecular flexibility index (Phi) is 7.08. The van der Waals surface area contributed by atoms with Gasteiger partial charge in [0.2, 0.25) is 0 Å². The monoisotopic (exact) mass is 284 g/mol. The molecule has 20 heavy (non-hydrogen) atoms. The lowest BCUT2D eigenvalue weighted by molar-refractivity contribution is -0.142. The summed E-state index contributed by atoms with van der Waals surface area (Å²) in [5.74, 6) is -1.38. The van der Waals surface area contributed by atoms with Gasteiger partial charge in [-0.2, -0.15) is 0 Å². The molecule has 3 N–H and O–H groups in total. The summed E-state index contributed by atoms with van der Waals surface area (Å²) in [6.45, 7) is 3.98. The van der Waals surface area contributed by atoms with Crippen LogP contribution in [0.1, 0.15) is 32.1 Å². The van der Waals surface area contributed by atoms with E-state index in [4.69, 9.17) is 5.11 Å². The van der Waals surface area contributed by atoms with Crippen molar-refractivity contribution in [2.24, 2.45) is 5.92 Å². The molecule has 0 saturated heterocycles. The van der Waals surface area contributed by atoms with Crippen molar-refractivity contribution in [3.05, 3.63) is 12.7 Å². The molecule has 2 amide bonds. The molecule has 0 aliphatic heterocycles. The number of urea groups is 1. The van der Waals surface area contributed by atoms with E-state index in [-0.39, 0.29) is 25.2 Å². The van der Waals surface area contributed by atoms with Gasteiger partial charge < -0.3 is 20.4 Å². The number of carboxylic acid groups (broad SMARTS) is 1. The molecule has 2 atom stereocenters. The molecular formula is C14H24N2O4. The van der Waals surface area contributed by atoms with E-state index in [1.807, 2.05) is 0 Å². The molecule has 1 aliphatic carbocycles. The van der Waals surface area contributed by atoms with Crippen molar-refractivity contribution >= 4 is 12.0 Å². The highest BCUT2D eigenvalue weighted by molar-refractivity contribution is 5.77. The van der Waals surface area contributed by atoms with Gasteiger partial charge in [-0.25, -0.2) is 4.79 Å². The summed E-state index contributed by atoms with van der Waals surface area (Å²) in [6.07, 6.45) is 5.68. The van der Waals surface area contributed by atoms with Gasteiger partial charge in [0.25, 0.3) is 0 Å². The molecule has 1 saturated carbocycles. The number of hydrogen-bond acceptors (Lipinski definition) is 3. The molecule has 114 valence electrons. The molecule has 6 heteroatoms. The molecule has 0 spiro atoms. The first-order valence-electron chi connectivity index (χ1n) is 7.10. The van der Waals surface area contributed by atoms with E-state index in [1.165, 1.54) is 4.90 Å². The van der Waals surface area contributed by atoms with Crippen molar-refractivity contribution in [3.8, 4) is 0 Å². The van der Waals surface area contributed by atoms with Crippen LogP contribution in [0.3, 0.4) is 0 Å². The summed E-state index contributed by atoms with van der Waals surface area (Å²) in [5.41, 5.74) is 0. The van der Waals surface area contributed by atoms with Gasteiger partial charge in [-0.05, 0) is 12.8 Å². The molecule has 0 aromatic carbocycles. The number of aliphatic carboxylic acids is 1. The van der Waals surface area contributed by atoms with Crippen molar-refractivity contribution in [1.29, 1.82) is 0 Å². The fraction of sp³-hybridized carbons (Fsp3) is 0.714. The van der Waals surface area contributed by atoms with E-state index in [0.717, 1.165) is 19.3 Å². The lowest BCUT2D eigenvalue weighted by Crippen LogP contribution is -2.49. The Morgan fingerprint density at radius 2 is 2.00 bits per heavy atom. The van der Waals surface area contributed by atoms with Gasteiger partial charge in [-0.15, -0.1) is 6.58 Å².